The summed E-state index contributed by atoms with van der Waals surface area (Å²) < 4.78 is 1.83. The van der Waals surface area contributed by atoms with E-state index in [0.717, 1.165) is 16.5 Å². The Bertz CT molecular complexity index is 861. The Morgan fingerprint density at radius 3 is 2.83 bits per heavy atom. The number of nitrogens with one attached hydrogen (secondary N) is 1. The van der Waals surface area contributed by atoms with Crippen LogP contribution in [0.5, 0.6) is 0 Å². The number of hydrogen-bond donors (Lipinski definition) is 1. The standard InChI is InChI=1S/C17H17N5OS/c1-3-24-14-7-5-4-6-13(14)17(23)21-15-10-16(20-11-19-15)22-9-8-18-12(22)2/h4-11H,3H2,1-2H3,(H,19,20,21,23). The van der Waals surface area contributed by atoms with Crippen molar-refractivity contribution in [2.75, 3.05) is 11.1 Å². The number of aryl methyl sites for hydroxylation is 1. The third-order valence-electron chi connectivity index (χ3n) is 3.40. The fourth-order valence-corrected chi connectivity index (χ4v) is 3.09. The maximum Gasteiger partial charge on any atom is 0.257 e. The summed E-state index contributed by atoms with van der Waals surface area (Å²) in [6, 6.07) is 9.27. The zero-order valence-corrected chi connectivity index (χ0v) is 14.2. The summed E-state index contributed by atoms with van der Waals surface area (Å²) in [6.45, 7) is 3.95. The minimum Gasteiger partial charge on any atom is -0.306 e. The van der Waals surface area contributed by atoms with Gasteiger partial charge in [-0.2, -0.15) is 0 Å². The lowest BCUT2D eigenvalue weighted by Crippen LogP contribution is -2.14. The normalized spacial score (nSPS) is 10.6. The van der Waals surface area contributed by atoms with Gasteiger partial charge in [0.15, 0.2) is 0 Å². The fourth-order valence-electron chi connectivity index (χ4n) is 2.29. The number of imidazole rings is 1. The van der Waals surface area contributed by atoms with E-state index >= 15 is 0 Å². The molecule has 6 nitrogen and oxygen atoms in total. The highest BCUT2D eigenvalue weighted by Gasteiger charge is 2.12. The summed E-state index contributed by atoms with van der Waals surface area (Å²) in [7, 11) is 0. The number of carbonyl (C=O) groups excluding carboxylic acids is 1. The molecule has 122 valence electrons. The van der Waals surface area contributed by atoms with Gasteiger partial charge < -0.3 is 5.32 Å². The second-order valence-electron chi connectivity index (χ2n) is 4.99. The van der Waals surface area contributed by atoms with Crippen LogP contribution in [0.3, 0.4) is 0 Å². The molecule has 7 heteroatoms. The van der Waals surface area contributed by atoms with Gasteiger partial charge in [-0.1, -0.05) is 19.1 Å². The van der Waals surface area contributed by atoms with Crippen molar-refractivity contribution in [2.45, 2.75) is 18.7 Å². The fraction of sp³-hybridized carbons (Fsp3) is 0.176. The molecule has 0 unspecified atom stereocenters. The van der Waals surface area contributed by atoms with Crippen molar-refractivity contribution >= 4 is 23.5 Å². The Morgan fingerprint density at radius 2 is 2.08 bits per heavy atom. The van der Waals surface area contributed by atoms with Gasteiger partial charge >= 0.3 is 0 Å². The Balaban J connectivity index is 1.84. The number of aromatic nitrogens is 4. The van der Waals surface area contributed by atoms with Gasteiger partial charge in [-0.25, -0.2) is 15.0 Å². The summed E-state index contributed by atoms with van der Waals surface area (Å²) in [5.41, 5.74) is 0.642. The average Bonchev–Trinajstić information content (AvgIpc) is 3.02. The van der Waals surface area contributed by atoms with Crippen LogP contribution in [-0.4, -0.2) is 31.2 Å². The largest absolute Gasteiger partial charge is 0.306 e. The molecule has 2 aromatic heterocycles. The number of nitrogens with zero attached hydrogens (tertiary/aromatic N) is 4. The van der Waals surface area contributed by atoms with E-state index in [9.17, 15) is 4.79 Å². The van der Waals surface area contributed by atoms with Crippen LogP contribution >= 0.6 is 11.8 Å². The number of amides is 1. The first-order valence-corrected chi connectivity index (χ1v) is 8.53. The Hall–Kier alpha value is -2.67. The monoisotopic (exact) mass is 339 g/mol. The predicted octanol–water partition coefficient (Wildman–Crippen LogP) is 3.34. The van der Waals surface area contributed by atoms with Crippen molar-refractivity contribution in [2.24, 2.45) is 0 Å². The molecule has 0 spiro atoms. The second-order valence-corrected chi connectivity index (χ2v) is 6.30. The van der Waals surface area contributed by atoms with Gasteiger partial charge in [0, 0.05) is 23.4 Å². The van der Waals surface area contributed by atoms with Gasteiger partial charge in [0.25, 0.3) is 5.91 Å². The minimum absolute atomic E-state index is 0.182. The van der Waals surface area contributed by atoms with Crippen LogP contribution in [0, 0.1) is 6.92 Å². The summed E-state index contributed by atoms with van der Waals surface area (Å²) in [6.07, 6.45) is 4.95. The summed E-state index contributed by atoms with van der Waals surface area (Å²) >= 11 is 1.64. The maximum atomic E-state index is 12.6. The lowest BCUT2D eigenvalue weighted by atomic mass is 10.2. The Morgan fingerprint density at radius 1 is 1.25 bits per heavy atom. The van der Waals surface area contributed by atoms with Gasteiger partial charge in [-0.3, -0.25) is 9.36 Å². The first kappa shape index (κ1) is 16.2. The van der Waals surface area contributed by atoms with Crippen LogP contribution in [-0.2, 0) is 0 Å². The highest BCUT2D eigenvalue weighted by Crippen LogP contribution is 2.23. The molecule has 0 radical (unpaired) electrons. The second kappa shape index (κ2) is 7.27. The lowest BCUT2D eigenvalue weighted by molar-refractivity contribution is 0.102. The number of carbonyl (C=O) groups is 1. The average molecular weight is 339 g/mol. The molecular weight excluding hydrogens is 322 g/mol. The number of hydrogen-bond acceptors (Lipinski definition) is 5. The topological polar surface area (TPSA) is 72.7 Å². The highest BCUT2D eigenvalue weighted by molar-refractivity contribution is 7.99. The lowest BCUT2D eigenvalue weighted by Gasteiger charge is -2.10. The molecule has 0 bridgehead atoms. The minimum atomic E-state index is -0.182. The molecule has 0 aliphatic heterocycles. The molecule has 0 saturated heterocycles. The zero-order valence-electron chi connectivity index (χ0n) is 13.4. The SMILES string of the molecule is CCSc1ccccc1C(=O)Nc1cc(-n2ccnc2C)ncn1. The molecule has 0 saturated carbocycles. The van der Waals surface area contributed by atoms with Crippen LogP contribution in [0.15, 0.2) is 53.9 Å². The molecule has 0 aliphatic carbocycles. The molecule has 2 heterocycles. The van der Waals surface area contributed by atoms with Gasteiger partial charge in [0.2, 0.25) is 0 Å². The molecule has 0 aliphatic rings. The van der Waals surface area contributed by atoms with E-state index < -0.39 is 0 Å². The number of rotatable bonds is 5. The predicted molar refractivity (Wildman–Crippen MR) is 94.7 cm³/mol. The zero-order chi connectivity index (χ0) is 16.9. The molecular formula is C17H17N5OS. The number of benzene rings is 1. The highest BCUT2D eigenvalue weighted by atomic mass is 32.2. The van der Waals surface area contributed by atoms with E-state index in [1.54, 1.807) is 24.0 Å². The van der Waals surface area contributed by atoms with Gasteiger partial charge in [0.1, 0.15) is 23.8 Å². The summed E-state index contributed by atoms with van der Waals surface area (Å²) in [4.78, 5) is 26.1. The molecule has 1 amide bonds. The molecule has 0 fully saturated rings. The van der Waals surface area contributed by atoms with Gasteiger partial charge in [-0.05, 0) is 24.8 Å². The first-order chi connectivity index (χ1) is 11.7. The quantitative estimate of drug-likeness (QED) is 0.722. The van der Waals surface area contributed by atoms with Gasteiger partial charge in [-0.15, -0.1) is 11.8 Å². The summed E-state index contributed by atoms with van der Waals surface area (Å²) in [5, 5.41) is 2.84. The molecule has 24 heavy (non-hydrogen) atoms. The Kier molecular flexibility index (Phi) is 4.90. The third kappa shape index (κ3) is 3.46. The van der Waals surface area contributed by atoms with Crippen molar-refractivity contribution in [3.63, 3.8) is 0 Å². The molecule has 0 atom stereocenters. The molecule has 1 N–H and O–H groups in total. The maximum absolute atomic E-state index is 12.6. The first-order valence-electron chi connectivity index (χ1n) is 7.54. The number of thioether (sulfide) groups is 1. The van der Waals surface area contributed by atoms with E-state index in [1.807, 2.05) is 42.0 Å². The van der Waals surface area contributed by atoms with Crippen LogP contribution in [0.25, 0.3) is 5.82 Å². The van der Waals surface area contributed by atoms with Crippen molar-refractivity contribution in [3.05, 3.63) is 60.4 Å². The van der Waals surface area contributed by atoms with E-state index in [1.165, 1.54) is 6.33 Å². The molecule has 3 aromatic rings. The van der Waals surface area contributed by atoms with Crippen molar-refractivity contribution in [3.8, 4) is 5.82 Å². The van der Waals surface area contributed by atoms with Crippen molar-refractivity contribution in [1.29, 1.82) is 0 Å². The van der Waals surface area contributed by atoms with Crippen LogP contribution in [0.4, 0.5) is 5.82 Å². The van der Waals surface area contributed by atoms with E-state index in [-0.39, 0.29) is 5.91 Å². The van der Waals surface area contributed by atoms with Crippen LogP contribution in [0.2, 0.25) is 0 Å². The van der Waals surface area contributed by atoms with Crippen molar-refractivity contribution in [1.82, 2.24) is 19.5 Å². The van der Waals surface area contributed by atoms with Crippen molar-refractivity contribution < 1.29 is 4.79 Å². The summed E-state index contributed by atoms with van der Waals surface area (Å²) in [5.74, 6) is 2.65. The molecule has 1 aromatic carbocycles. The van der Waals surface area contributed by atoms with Crippen LogP contribution < -0.4 is 5.32 Å². The van der Waals surface area contributed by atoms with Crippen LogP contribution in [0.1, 0.15) is 23.1 Å². The smallest absolute Gasteiger partial charge is 0.257 e. The van der Waals surface area contributed by atoms with E-state index in [2.05, 4.69) is 27.2 Å². The number of anilines is 1. The molecule has 3 rings (SSSR count). The third-order valence-corrected chi connectivity index (χ3v) is 4.35. The van der Waals surface area contributed by atoms with E-state index in [4.69, 9.17) is 0 Å². The Labute approximate surface area is 144 Å². The van der Waals surface area contributed by atoms with E-state index in [0.29, 0.717) is 17.2 Å². The van der Waals surface area contributed by atoms with Gasteiger partial charge in [0.05, 0.1) is 5.56 Å².